The Labute approximate surface area is 108 Å². The predicted molar refractivity (Wildman–Crippen MR) is 70.8 cm³/mol. The smallest absolute Gasteiger partial charge is 0.140 e. The standard InChI is InChI=1S/C16H21FO/c1-11-6-7-14(8-12(11)2)16(18)10-13-4-3-5-15(17)9-13/h3-5,9,11-12,14H,6-8,10H2,1-2H3. The van der Waals surface area contributed by atoms with Gasteiger partial charge in [-0.2, -0.15) is 0 Å². The van der Waals surface area contributed by atoms with Gasteiger partial charge in [-0.15, -0.1) is 0 Å². The number of Topliss-reactive ketones (excluding diaryl/α,β-unsaturated/α-hetero) is 1. The van der Waals surface area contributed by atoms with Gasteiger partial charge in [0.1, 0.15) is 11.6 Å². The van der Waals surface area contributed by atoms with Crippen LogP contribution in [0.5, 0.6) is 0 Å². The van der Waals surface area contributed by atoms with E-state index in [0.717, 1.165) is 30.7 Å². The Hall–Kier alpha value is -1.18. The summed E-state index contributed by atoms with van der Waals surface area (Å²) in [4.78, 5) is 12.2. The third-order valence-electron chi connectivity index (χ3n) is 4.32. The second kappa shape index (κ2) is 5.64. The Balaban J connectivity index is 1.96. The molecule has 0 amide bonds. The molecule has 1 fully saturated rings. The molecule has 3 unspecified atom stereocenters. The van der Waals surface area contributed by atoms with Crippen LogP contribution in [0.4, 0.5) is 4.39 Å². The molecule has 1 aromatic rings. The van der Waals surface area contributed by atoms with E-state index < -0.39 is 0 Å². The van der Waals surface area contributed by atoms with E-state index in [2.05, 4.69) is 13.8 Å². The van der Waals surface area contributed by atoms with Crippen molar-refractivity contribution >= 4 is 5.78 Å². The second-order valence-corrected chi connectivity index (χ2v) is 5.74. The van der Waals surface area contributed by atoms with Gasteiger partial charge in [0.25, 0.3) is 0 Å². The lowest BCUT2D eigenvalue weighted by atomic mass is 9.73. The normalized spacial score (nSPS) is 28.1. The highest BCUT2D eigenvalue weighted by Gasteiger charge is 2.28. The van der Waals surface area contributed by atoms with Crippen LogP contribution < -0.4 is 0 Å². The molecule has 0 spiro atoms. The first-order chi connectivity index (χ1) is 8.56. The minimum atomic E-state index is -0.258. The maximum Gasteiger partial charge on any atom is 0.140 e. The molecule has 0 bridgehead atoms. The highest BCUT2D eigenvalue weighted by atomic mass is 19.1. The predicted octanol–water partition coefficient (Wildman–Crippen LogP) is 4.01. The Morgan fingerprint density at radius 1 is 1.28 bits per heavy atom. The van der Waals surface area contributed by atoms with Crippen LogP contribution >= 0.6 is 0 Å². The van der Waals surface area contributed by atoms with Crippen molar-refractivity contribution in [3.05, 3.63) is 35.6 Å². The molecule has 2 rings (SSSR count). The van der Waals surface area contributed by atoms with Gasteiger partial charge in [-0.1, -0.05) is 26.0 Å². The number of carbonyl (C=O) groups is 1. The molecule has 98 valence electrons. The number of halogens is 1. The highest BCUT2D eigenvalue weighted by Crippen LogP contribution is 2.34. The Kier molecular flexibility index (Phi) is 4.15. The third kappa shape index (κ3) is 3.18. The minimum absolute atomic E-state index is 0.180. The van der Waals surface area contributed by atoms with Gasteiger partial charge in [-0.3, -0.25) is 4.79 Å². The van der Waals surface area contributed by atoms with Crippen LogP contribution in [-0.2, 0) is 11.2 Å². The van der Waals surface area contributed by atoms with Gasteiger partial charge in [0, 0.05) is 12.3 Å². The molecule has 0 radical (unpaired) electrons. The second-order valence-electron chi connectivity index (χ2n) is 5.74. The maximum atomic E-state index is 13.1. The number of carbonyl (C=O) groups excluding carboxylic acids is 1. The Morgan fingerprint density at radius 3 is 2.72 bits per heavy atom. The van der Waals surface area contributed by atoms with E-state index in [1.807, 2.05) is 6.07 Å². The fraction of sp³-hybridized carbons (Fsp3) is 0.562. The molecule has 1 aliphatic rings. The Morgan fingerprint density at radius 2 is 2.06 bits per heavy atom. The summed E-state index contributed by atoms with van der Waals surface area (Å²) in [5.74, 6) is 1.55. The van der Waals surface area contributed by atoms with Crippen molar-refractivity contribution in [1.82, 2.24) is 0 Å². The van der Waals surface area contributed by atoms with E-state index in [0.29, 0.717) is 12.3 Å². The third-order valence-corrected chi connectivity index (χ3v) is 4.32. The molecule has 18 heavy (non-hydrogen) atoms. The van der Waals surface area contributed by atoms with Crippen molar-refractivity contribution in [3.8, 4) is 0 Å². The zero-order valence-corrected chi connectivity index (χ0v) is 11.2. The van der Waals surface area contributed by atoms with Crippen molar-refractivity contribution in [2.24, 2.45) is 17.8 Å². The van der Waals surface area contributed by atoms with Crippen LogP contribution in [0.25, 0.3) is 0 Å². The van der Waals surface area contributed by atoms with Gasteiger partial charge in [0.15, 0.2) is 0 Å². The van der Waals surface area contributed by atoms with Gasteiger partial charge >= 0.3 is 0 Å². The zero-order chi connectivity index (χ0) is 13.1. The molecule has 2 heteroatoms. The summed E-state index contributed by atoms with van der Waals surface area (Å²) in [5.41, 5.74) is 0.797. The fourth-order valence-electron chi connectivity index (χ4n) is 2.83. The molecule has 1 aliphatic carbocycles. The van der Waals surface area contributed by atoms with E-state index in [4.69, 9.17) is 0 Å². The quantitative estimate of drug-likeness (QED) is 0.790. The fourth-order valence-corrected chi connectivity index (χ4v) is 2.83. The molecular weight excluding hydrogens is 227 g/mol. The van der Waals surface area contributed by atoms with Gasteiger partial charge in [0.2, 0.25) is 0 Å². The summed E-state index contributed by atoms with van der Waals surface area (Å²) in [6.45, 7) is 4.49. The lowest BCUT2D eigenvalue weighted by Gasteiger charge is -2.31. The van der Waals surface area contributed by atoms with Crippen molar-refractivity contribution in [3.63, 3.8) is 0 Å². The van der Waals surface area contributed by atoms with Crippen LogP contribution in [0, 0.1) is 23.6 Å². The summed E-state index contributed by atoms with van der Waals surface area (Å²) in [5, 5.41) is 0. The van der Waals surface area contributed by atoms with Crippen LogP contribution in [0.2, 0.25) is 0 Å². The summed E-state index contributed by atoms with van der Waals surface area (Å²) in [6.07, 6.45) is 3.51. The monoisotopic (exact) mass is 248 g/mol. The van der Waals surface area contributed by atoms with Gasteiger partial charge < -0.3 is 0 Å². The van der Waals surface area contributed by atoms with Crippen molar-refractivity contribution in [2.75, 3.05) is 0 Å². The van der Waals surface area contributed by atoms with E-state index in [9.17, 15) is 9.18 Å². The van der Waals surface area contributed by atoms with Crippen LogP contribution in [-0.4, -0.2) is 5.78 Å². The van der Waals surface area contributed by atoms with Crippen LogP contribution in [0.15, 0.2) is 24.3 Å². The van der Waals surface area contributed by atoms with Crippen molar-refractivity contribution in [2.45, 2.75) is 39.5 Å². The number of hydrogen-bond acceptors (Lipinski definition) is 1. The molecular formula is C16H21FO. The maximum absolute atomic E-state index is 13.1. The number of hydrogen-bond donors (Lipinski definition) is 0. The van der Waals surface area contributed by atoms with Gasteiger partial charge in [-0.05, 0) is 48.8 Å². The summed E-state index contributed by atoms with van der Waals surface area (Å²) in [6, 6.07) is 6.38. The summed E-state index contributed by atoms with van der Waals surface area (Å²) >= 11 is 0. The lowest BCUT2D eigenvalue weighted by molar-refractivity contribution is -0.123. The number of ketones is 1. The first kappa shape index (κ1) is 13.3. The van der Waals surface area contributed by atoms with Crippen molar-refractivity contribution < 1.29 is 9.18 Å². The molecule has 0 aromatic heterocycles. The molecule has 1 nitrogen and oxygen atoms in total. The topological polar surface area (TPSA) is 17.1 Å². The van der Waals surface area contributed by atoms with Gasteiger partial charge in [-0.25, -0.2) is 4.39 Å². The largest absolute Gasteiger partial charge is 0.299 e. The summed E-state index contributed by atoms with van der Waals surface area (Å²) < 4.78 is 13.1. The molecule has 0 heterocycles. The van der Waals surface area contributed by atoms with E-state index >= 15 is 0 Å². The van der Waals surface area contributed by atoms with E-state index in [1.165, 1.54) is 12.1 Å². The number of benzene rings is 1. The first-order valence-electron chi connectivity index (χ1n) is 6.83. The molecule has 0 saturated heterocycles. The van der Waals surface area contributed by atoms with E-state index in [-0.39, 0.29) is 17.5 Å². The molecule has 0 aliphatic heterocycles. The molecule has 1 aromatic carbocycles. The van der Waals surface area contributed by atoms with E-state index in [1.54, 1.807) is 6.07 Å². The van der Waals surface area contributed by atoms with Crippen molar-refractivity contribution in [1.29, 1.82) is 0 Å². The first-order valence-corrected chi connectivity index (χ1v) is 6.83. The lowest BCUT2D eigenvalue weighted by Crippen LogP contribution is -2.27. The average Bonchev–Trinajstić information content (AvgIpc) is 2.32. The molecule has 3 atom stereocenters. The Bertz CT molecular complexity index is 427. The highest BCUT2D eigenvalue weighted by molar-refractivity contribution is 5.83. The molecule has 0 N–H and O–H groups in total. The SMILES string of the molecule is CC1CCC(C(=O)Cc2cccc(F)c2)CC1C. The molecule has 1 saturated carbocycles. The van der Waals surface area contributed by atoms with Crippen LogP contribution in [0.1, 0.15) is 38.7 Å². The number of rotatable bonds is 3. The zero-order valence-electron chi connectivity index (χ0n) is 11.2. The summed E-state index contributed by atoms with van der Waals surface area (Å²) in [7, 11) is 0. The van der Waals surface area contributed by atoms with Gasteiger partial charge in [0.05, 0.1) is 0 Å². The van der Waals surface area contributed by atoms with Crippen LogP contribution in [0.3, 0.4) is 0 Å². The average molecular weight is 248 g/mol. The minimum Gasteiger partial charge on any atom is -0.299 e.